The monoisotopic (exact) mass is 253 g/mol. The van der Waals surface area contributed by atoms with Crippen molar-refractivity contribution in [3.63, 3.8) is 0 Å². The lowest BCUT2D eigenvalue weighted by Gasteiger charge is -2.31. The first-order valence-electron chi connectivity index (χ1n) is 6.76. The average molecular weight is 253 g/mol. The van der Waals surface area contributed by atoms with Gasteiger partial charge in [-0.25, -0.2) is 8.78 Å². The molecule has 0 heterocycles. The Morgan fingerprint density at radius 1 is 1.06 bits per heavy atom. The molecule has 0 bridgehead atoms. The molecule has 1 atom stereocenters. The number of nitrogens with one attached hydrogen (secondary N) is 1. The average Bonchev–Trinajstić information content (AvgIpc) is 2.40. The first-order chi connectivity index (χ1) is 8.66. The number of hydrogen-bond donors (Lipinski definition) is 1. The lowest BCUT2D eigenvalue weighted by Crippen LogP contribution is -2.42. The molecule has 0 radical (unpaired) electrons. The van der Waals surface area contributed by atoms with E-state index in [4.69, 9.17) is 0 Å². The van der Waals surface area contributed by atoms with Gasteiger partial charge < -0.3 is 5.32 Å². The molecule has 1 aromatic rings. The van der Waals surface area contributed by atoms with Crippen molar-refractivity contribution in [2.45, 2.75) is 57.0 Å². The molecule has 0 saturated heterocycles. The summed E-state index contributed by atoms with van der Waals surface area (Å²) in [4.78, 5) is 0. The normalized spacial score (nSPS) is 26.2. The van der Waals surface area contributed by atoms with Gasteiger partial charge in [-0.1, -0.05) is 30.3 Å². The maximum absolute atomic E-state index is 12.5. The second-order valence-electron chi connectivity index (χ2n) is 5.25. The Kier molecular flexibility index (Phi) is 4.70. The maximum Gasteiger partial charge on any atom is 0.253 e. The van der Waals surface area contributed by atoms with Crippen LogP contribution in [0.1, 0.15) is 44.1 Å². The van der Waals surface area contributed by atoms with E-state index in [1.165, 1.54) is 5.56 Å². The lowest BCUT2D eigenvalue weighted by atomic mass is 9.81. The third-order valence-electron chi connectivity index (χ3n) is 3.87. The Morgan fingerprint density at radius 3 is 2.22 bits per heavy atom. The van der Waals surface area contributed by atoms with E-state index in [0.717, 1.165) is 25.7 Å². The van der Waals surface area contributed by atoms with Crippen molar-refractivity contribution in [3.8, 4) is 0 Å². The zero-order valence-electron chi connectivity index (χ0n) is 10.8. The van der Waals surface area contributed by atoms with Gasteiger partial charge in [0.25, 0.3) is 6.43 Å². The van der Waals surface area contributed by atoms with Crippen molar-refractivity contribution in [1.82, 2.24) is 5.32 Å². The molecular formula is C15H21F2N. The highest BCUT2D eigenvalue weighted by Crippen LogP contribution is 2.32. The Labute approximate surface area is 108 Å². The largest absolute Gasteiger partial charge is 0.306 e. The van der Waals surface area contributed by atoms with Crippen molar-refractivity contribution in [1.29, 1.82) is 0 Å². The van der Waals surface area contributed by atoms with Crippen LogP contribution in [0.15, 0.2) is 30.3 Å². The first kappa shape index (κ1) is 13.5. The summed E-state index contributed by atoms with van der Waals surface area (Å²) < 4.78 is 24.9. The Hall–Kier alpha value is -0.960. The minimum absolute atomic E-state index is 0.258. The van der Waals surface area contributed by atoms with Crippen molar-refractivity contribution in [3.05, 3.63) is 35.9 Å². The van der Waals surface area contributed by atoms with Gasteiger partial charge in [-0.3, -0.25) is 0 Å². The molecule has 1 aliphatic carbocycles. The predicted molar refractivity (Wildman–Crippen MR) is 70.0 cm³/mol. The molecule has 1 nitrogen and oxygen atoms in total. The molecule has 0 amide bonds. The molecule has 1 fully saturated rings. The van der Waals surface area contributed by atoms with Crippen LogP contribution in [-0.4, -0.2) is 18.5 Å². The lowest BCUT2D eigenvalue weighted by molar-refractivity contribution is 0.0956. The van der Waals surface area contributed by atoms with Crippen LogP contribution >= 0.6 is 0 Å². The van der Waals surface area contributed by atoms with Crippen LogP contribution in [0, 0.1) is 0 Å². The summed E-state index contributed by atoms with van der Waals surface area (Å²) >= 11 is 0. The molecule has 1 aliphatic rings. The number of rotatable bonds is 4. The molecule has 1 aromatic carbocycles. The minimum atomic E-state index is -2.27. The van der Waals surface area contributed by atoms with Crippen molar-refractivity contribution in [2.75, 3.05) is 0 Å². The van der Waals surface area contributed by atoms with E-state index in [1.54, 1.807) is 6.92 Å². The smallest absolute Gasteiger partial charge is 0.253 e. The molecule has 1 N–H and O–H groups in total. The number of alkyl halides is 2. The summed E-state index contributed by atoms with van der Waals surface area (Å²) in [6, 6.07) is 10.1. The zero-order chi connectivity index (χ0) is 13.0. The summed E-state index contributed by atoms with van der Waals surface area (Å²) in [6.45, 7) is 1.56. The van der Waals surface area contributed by atoms with E-state index in [2.05, 4.69) is 29.6 Å². The molecule has 2 rings (SSSR count). The van der Waals surface area contributed by atoms with E-state index in [0.29, 0.717) is 5.92 Å². The Balaban J connectivity index is 1.81. The Bertz CT molecular complexity index is 345. The van der Waals surface area contributed by atoms with Crippen molar-refractivity contribution < 1.29 is 8.78 Å². The molecule has 0 aliphatic heterocycles. The number of halogens is 2. The van der Waals surface area contributed by atoms with Gasteiger partial charge in [0.05, 0.1) is 6.04 Å². The number of benzene rings is 1. The second-order valence-corrected chi connectivity index (χ2v) is 5.25. The highest BCUT2D eigenvalue weighted by Gasteiger charge is 2.25. The second kappa shape index (κ2) is 6.28. The third-order valence-corrected chi connectivity index (χ3v) is 3.87. The summed E-state index contributed by atoms with van der Waals surface area (Å²) in [5.41, 5.74) is 1.39. The van der Waals surface area contributed by atoms with Gasteiger partial charge >= 0.3 is 0 Å². The van der Waals surface area contributed by atoms with Crippen LogP contribution in [-0.2, 0) is 0 Å². The summed E-state index contributed by atoms with van der Waals surface area (Å²) in [5.74, 6) is 0.603. The quantitative estimate of drug-likeness (QED) is 0.856. The Morgan fingerprint density at radius 2 is 1.67 bits per heavy atom. The summed E-state index contributed by atoms with van der Waals surface area (Å²) in [7, 11) is 0. The van der Waals surface area contributed by atoms with Gasteiger partial charge in [0, 0.05) is 6.04 Å². The predicted octanol–water partition coefficient (Wildman–Crippen LogP) is 3.96. The van der Waals surface area contributed by atoms with E-state index >= 15 is 0 Å². The van der Waals surface area contributed by atoms with Crippen LogP contribution < -0.4 is 5.32 Å². The van der Waals surface area contributed by atoms with E-state index in [-0.39, 0.29) is 6.04 Å². The van der Waals surface area contributed by atoms with E-state index in [9.17, 15) is 8.78 Å². The van der Waals surface area contributed by atoms with Crippen molar-refractivity contribution in [2.24, 2.45) is 0 Å². The molecule has 0 spiro atoms. The van der Waals surface area contributed by atoms with Crippen molar-refractivity contribution >= 4 is 0 Å². The SMILES string of the molecule is CC(NC1CCC(c2ccccc2)CC1)C(F)F. The topological polar surface area (TPSA) is 12.0 Å². The van der Waals surface area contributed by atoms with Gasteiger partial charge in [0.2, 0.25) is 0 Å². The van der Waals surface area contributed by atoms with Crippen LogP contribution in [0.4, 0.5) is 8.78 Å². The van der Waals surface area contributed by atoms with Crippen LogP contribution in [0.2, 0.25) is 0 Å². The maximum atomic E-state index is 12.5. The van der Waals surface area contributed by atoms with Gasteiger partial charge in [0.1, 0.15) is 0 Å². The van der Waals surface area contributed by atoms with Gasteiger partial charge in [-0.05, 0) is 44.1 Å². The highest BCUT2D eigenvalue weighted by atomic mass is 19.3. The van der Waals surface area contributed by atoms with Crippen LogP contribution in [0.25, 0.3) is 0 Å². The molecular weight excluding hydrogens is 232 g/mol. The molecule has 3 heteroatoms. The first-order valence-corrected chi connectivity index (χ1v) is 6.76. The molecule has 1 saturated carbocycles. The van der Waals surface area contributed by atoms with Gasteiger partial charge in [-0.15, -0.1) is 0 Å². The third kappa shape index (κ3) is 3.52. The fraction of sp³-hybridized carbons (Fsp3) is 0.600. The molecule has 0 aromatic heterocycles. The van der Waals surface area contributed by atoms with E-state index in [1.807, 2.05) is 6.07 Å². The summed E-state index contributed by atoms with van der Waals surface area (Å²) in [5, 5.41) is 3.04. The standard InChI is InChI=1S/C15H21F2N/c1-11(15(16)17)18-14-9-7-13(8-10-14)12-5-3-2-4-6-12/h2-6,11,13-15,18H,7-10H2,1H3. The highest BCUT2D eigenvalue weighted by molar-refractivity contribution is 5.20. The molecule has 1 unspecified atom stereocenters. The zero-order valence-corrected chi connectivity index (χ0v) is 10.8. The van der Waals surface area contributed by atoms with Gasteiger partial charge in [0.15, 0.2) is 0 Å². The fourth-order valence-corrected chi connectivity index (χ4v) is 2.76. The number of hydrogen-bond acceptors (Lipinski definition) is 1. The molecule has 18 heavy (non-hydrogen) atoms. The fourth-order valence-electron chi connectivity index (χ4n) is 2.76. The van der Waals surface area contributed by atoms with E-state index < -0.39 is 12.5 Å². The van der Waals surface area contributed by atoms with Crippen LogP contribution in [0.5, 0.6) is 0 Å². The summed E-state index contributed by atoms with van der Waals surface area (Å²) in [6.07, 6.45) is 1.92. The minimum Gasteiger partial charge on any atom is -0.306 e. The van der Waals surface area contributed by atoms with Gasteiger partial charge in [-0.2, -0.15) is 0 Å². The van der Waals surface area contributed by atoms with Crippen LogP contribution in [0.3, 0.4) is 0 Å². The molecule has 100 valence electrons.